The highest BCUT2D eigenvalue weighted by molar-refractivity contribution is 7.92. The molecule has 0 aliphatic rings. The number of aromatic nitrogens is 2. The van der Waals surface area contributed by atoms with Crippen molar-refractivity contribution in [2.45, 2.75) is 18.4 Å². The topological polar surface area (TPSA) is 123 Å². The normalized spacial score (nSPS) is 11.2. The molecular weight excluding hydrogens is 515 g/mol. The molecule has 0 atom stereocenters. The van der Waals surface area contributed by atoms with E-state index in [9.17, 15) is 13.2 Å². The summed E-state index contributed by atoms with van der Waals surface area (Å²) in [6, 6.07) is 16.8. The molecule has 0 aliphatic heterocycles. The smallest absolute Gasteiger partial charge is 0.291 e. The van der Waals surface area contributed by atoms with Gasteiger partial charge in [-0.05, 0) is 79.2 Å². The van der Waals surface area contributed by atoms with Gasteiger partial charge in [0.05, 0.1) is 4.90 Å². The minimum absolute atomic E-state index is 0.0237. The van der Waals surface area contributed by atoms with Crippen LogP contribution < -0.4 is 14.8 Å². The van der Waals surface area contributed by atoms with Crippen molar-refractivity contribution in [3.8, 4) is 5.75 Å². The van der Waals surface area contributed by atoms with E-state index < -0.39 is 15.9 Å². The van der Waals surface area contributed by atoms with Gasteiger partial charge >= 0.3 is 0 Å². The molecule has 0 bridgehead atoms. The maximum atomic E-state index is 12.5. The molecule has 12 heteroatoms. The first-order valence-electron chi connectivity index (χ1n) is 10.1. The van der Waals surface area contributed by atoms with Crippen LogP contribution in [0, 0.1) is 6.92 Å². The quantitative estimate of drug-likeness (QED) is 0.314. The number of anilines is 2. The monoisotopic (exact) mass is 532 g/mol. The zero-order chi connectivity index (χ0) is 25.0. The van der Waals surface area contributed by atoms with E-state index in [0.717, 1.165) is 5.56 Å². The summed E-state index contributed by atoms with van der Waals surface area (Å²) in [5.74, 6) is 0.725. The van der Waals surface area contributed by atoms with Gasteiger partial charge in [0, 0.05) is 10.7 Å². The van der Waals surface area contributed by atoms with Crippen molar-refractivity contribution in [3.05, 3.63) is 94.0 Å². The Bertz CT molecular complexity index is 1460. The second kappa shape index (κ2) is 10.3. The van der Waals surface area contributed by atoms with Crippen molar-refractivity contribution in [1.29, 1.82) is 0 Å². The Hall–Kier alpha value is -3.60. The number of sulfonamides is 1. The number of carbonyl (C=O) groups excluding carboxylic acids is 1. The van der Waals surface area contributed by atoms with Gasteiger partial charge in [-0.3, -0.25) is 9.52 Å². The molecule has 9 nitrogen and oxygen atoms in total. The third kappa shape index (κ3) is 6.30. The third-order valence-corrected chi connectivity index (χ3v) is 6.49. The number of amides is 1. The Morgan fingerprint density at radius 1 is 1.00 bits per heavy atom. The number of hydrogen-bond donors (Lipinski definition) is 2. The molecule has 2 N–H and O–H groups in total. The van der Waals surface area contributed by atoms with E-state index in [-0.39, 0.29) is 28.2 Å². The summed E-state index contributed by atoms with van der Waals surface area (Å²) >= 11 is 11.6. The molecule has 35 heavy (non-hydrogen) atoms. The fraction of sp³-hybridized carbons (Fsp3) is 0.0870. The molecule has 0 unspecified atom stereocenters. The average Bonchev–Trinajstić information content (AvgIpc) is 3.30. The van der Waals surface area contributed by atoms with Crippen molar-refractivity contribution in [3.63, 3.8) is 0 Å². The summed E-state index contributed by atoms with van der Waals surface area (Å²) in [4.78, 5) is 12.5. The molecule has 0 saturated carbocycles. The van der Waals surface area contributed by atoms with Crippen LogP contribution in [0.1, 0.15) is 21.9 Å². The van der Waals surface area contributed by atoms with Crippen LogP contribution in [0.4, 0.5) is 11.5 Å². The van der Waals surface area contributed by atoms with Crippen molar-refractivity contribution >= 4 is 50.6 Å². The highest BCUT2D eigenvalue weighted by Crippen LogP contribution is 2.23. The predicted octanol–water partition coefficient (Wildman–Crippen LogP) is 5.32. The number of hydrogen-bond acceptors (Lipinski definition) is 7. The van der Waals surface area contributed by atoms with Crippen LogP contribution in [0.5, 0.6) is 5.75 Å². The number of benzene rings is 2. The third-order valence-electron chi connectivity index (χ3n) is 4.69. The van der Waals surface area contributed by atoms with Crippen LogP contribution in [0.15, 0.2) is 76.0 Å². The van der Waals surface area contributed by atoms with Crippen molar-refractivity contribution in [1.82, 2.24) is 10.2 Å². The Morgan fingerprint density at radius 3 is 2.46 bits per heavy atom. The van der Waals surface area contributed by atoms with Crippen LogP contribution in [-0.2, 0) is 16.6 Å². The molecular formula is C23H18Cl2N4O5S. The zero-order valence-corrected chi connectivity index (χ0v) is 20.5. The van der Waals surface area contributed by atoms with Crippen molar-refractivity contribution in [2.24, 2.45) is 0 Å². The first-order valence-corrected chi connectivity index (χ1v) is 12.3. The van der Waals surface area contributed by atoms with Crippen LogP contribution >= 0.6 is 23.2 Å². The Morgan fingerprint density at radius 2 is 1.77 bits per heavy atom. The van der Waals surface area contributed by atoms with Gasteiger partial charge in [0.25, 0.3) is 15.9 Å². The highest BCUT2D eigenvalue weighted by atomic mass is 35.5. The second-order valence-electron chi connectivity index (χ2n) is 7.29. The Balaban J connectivity index is 1.36. The number of furan rings is 1. The van der Waals surface area contributed by atoms with E-state index in [0.29, 0.717) is 22.2 Å². The summed E-state index contributed by atoms with van der Waals surface area (Å²) in [5.41, 5.74) is 1.26. The fourth-order valence-corrected chi connectivity index (χ4v) is 4.30. The van der Waals surface area contributed by atoms with Gasteiger partial charge in [-0.25, -0.2) is 8.42 Å². The van der Waals surface area contributed by atoms with Crippen LogP contribution in [-0.4, -0.2) is 24.5 Å². The molecule has 0 saturated heterocycles. The average molecular weight is 533 g/mol. The minimum Gasteiger partial charge on any atom is -0.485 e. The number of nitrogens with one attached hydrogen (secondary N) is 2. The molecule has 180 valence electrons. The Kier molecular flexibility index (Phi) is 7.25. The van der Waals surface area contributed by atoms with E-state index in [1.165, 1.54) is 42.5 Å². The van der Waals surface area contributed by atoms with Crippen molar-refractivity contribution < 1.29 is 22.4 Å². The maximum Gasteiger partial charge on any atom is 0.291 e. The van der Waals surface area contributed by atoms with Gasteiger partial charge in [-0.15, -0.1) is 10.2 Å². The van der Waals surface area contributed by atoms with E-state index in [1.807, 2.05) is 6.92 Å². The van der Waals surface area contributed by atoms with Crippen LogP contribution in [0.25, 0.3) is 0 Å². The van der Waals surface area contributed by atoms with E-state index in [2.05, 4.69) is 20.2 Å². The van der Waals surface area contributed by atoms with Gasteiger partial charge < -0.3 is 14.5 Å². The number of ether oxygens (including phenoxy) is 1. The molecule has 0 radical (unpaired) electrons. The van der Waals surface area contributed by atoms with Gasteiger partial charge in [0.15, 0.2) is 16.7 Å². The molecule has 0 aliphatic carbocycles. The van der Waals surface area contributed by atoms with Gasteiger partial charge in [-0.1, -0.05) is 23.2 Å². The molecule has 2 heterocycles. The number of carbonyl (C=O) groups is 1. The Labute approximate surface area is 211 Å². The molecule has 4 rings (SSSR count). The lowest BCUT2D eigenvalue weighted by molar-refractivity contribution is 0.0992. The lowest BCUT2D eigenvalue weighted by Gasteiger charge is -2.08. The summed E-state index contributed by atoms with van der Waals surface area (Å²) < 4.78 is 38.6. The summed E-state index contributed by atoms with van der Waals surface area (Å²) in [7, 11) is -3.90. The van der Waals surface area contributed by atoms with Crippen LogP contribution in [0.3, 0.4) is 0 Å². The SMILES string of the molecule is Cc1cc(Cl)ccc1OCc1ccc(C(=O)Nc2ccc(S(=O)(=O)Nc3ccc(Cl)nn3)cc2)o1. The second-order valence-corrected chi connectivity index (χ2v) is 9.80. The van der Waals surface area contributed by atoms with E-state index in [1.54, 1.807) is 24.3 Å². The van der Waals surface area contributed by atoms with E-state index in [4.69, 9.17) is 32.4 Å². The number of nitrogens with zero attached hydrogens (tertiary/aromatic N) is 2. The zero-order valence-electron chi connectivity index (χ0n) is 18.2. The number of halogens is 2. The molecule has 0 spiro atoms. The highest BCUT2D eigenvalue weighted by Gasteiger charge is 2.17. The first kappa shape index (κ1) is 24.5. The van der Waals surface area contributed by atoms with Gasteiger partial charge in [-0.2, -0.15) is 0 Å². The molecule has 1 amide bonds. The van der Waals surface area contributed by atoms with Gasteiger partial charge in [0.1, 0.15) is 18.1 Å². The van der Waals surface area contributed by atoms with Gasteiger partial charge in [0.2, 0.25) is 0 Å². The summed E-state index contributed by atoms with van der Waals surface area (Å²) in [6.07, 6.45) is 0. The number of aryl methyl sites for hydroxylation is 1. The lowest BCUT2D eigenvalue weighted by Crippen LogP contribution is -2.15. The lowest BCUT2D eigenvalue weighted by atomic mass is 10.2. The molecule has 4 aromatic rings. The standard InChI is InChI=1S/C23H18Cl2N4O5S/c1-14-12-15(24)2-8-19(14)33-13-17-5-9-20(34-17)23(30)26-16-3-6-18(7-4-16)35(31,32)29-22-11-10-21(25)27-28-22/h2-12H,13H2,1H3,(H,26,30)(H,28,29). The first-order chi connectivity index (χ1) is 16.7. The molecule has 0 fully saturated rings. The predicted molar refractivity (Wildman–Crippen MR) is 131 cm³/mol. The summed E-state index contributed by atoms with van der Waals surface area (Å²) in [5, 5.41) is 10.7. The van der Waals surface area contributed by atoms with Crippen molar-refractivity contribution in [2.75, 3.05) is 10.0 Å². The number of rotatable bonds is 8. The maximum absolute atomic E-state index is 12.5. The summed E-state index contributed by atoms with van der Waals surface area (Å²) in [6.45, 7) is 2.01. The molecule has 2 aromatic heterocycles. The van der Waals surface area contributed by atoms with Crippen LogP contribution in [0.2, 0.25) is 10.2 Å². The largest absolute Gasteiger partial charge is 0.485 e. The minimum atomic E-state index is -3.90. The molecule has 2 aromatic carbocycles. The fourth-order valence-electron chi connectivity index (χ4n) is 2.98. The van der Waals surface area contributed by atoms with E-state index >= 15 is 0 Å².